The minimum absolute atomic E-state index is 0.117. The Bertz CT molecular complexity index is 442. The van der Waals surface area contributed by atoms with Crippen LogP contribution in [0.4, 0.5) is 0 Å². The van der Waals surface area contributed by atoms with Gasteiger partial charge in [-0.15, -0.1) is 0 Å². The van der Waals surface area contributed by atoms with Crippen molar-refractivity contribution in [3.63, 3.8) is 0 Å². The fourth-order valence-electron chi connectivity index (χ4n) is 2.41. The zero-order valence-corrected chi connectivity index (χ0v) is 13.6. The van der Waals surface area contributed by atoms with Crippen LogP contribution in [0.1, 0.15) is 24.3 Å². The molecule has 2 heterocycles. The summed E-state index contributed by atoms with van der Waals surface area (Å²) in [6.45, 7) is 10.5. The maximum atomic E-state index is 12.0. The van der Waals surface area contributed by atoms with Gasteiger partial charge in [0.05, 0.1) is 10.7 Å². The molecule has 1 unspecified atom stereocenters. The number of nitrogens with zero attached hydrogens (tertiary/aromatic N) is 3. The van der Waals surface area contributed by atoms with E-state index in [9.17, 15) is 4.79 Å². The van der Waals surface area contributed by atoms with Crippen LogP contribution in [0.25, 0.3) is 0 Å². The second kappa shape index (κ2) is 7.19. The number of hydrogen-bond donors (Lipinski definition) is 2. The van der Waals surface area contributed by atoms with Gasteiger partial charge in [0, 0.05) is 38.8 Å². The SMILES string of the molecule is CCN1CCN(C(C)CNC(=O)c2[nH]ncc2Br)CC1. The van der Waals surface area contributed by atoms with E-state index >= 15 is 0 Å². The Hall–Kier alpha value is -0.920. The van der Waals surface area contributed by atoms with Gasteiger partial charge in [0.25, 0.3) is 5.91 Å². The van der Waals surface area contributed by atoms with Crippen LogP contribution in [0.5, 0.6) is 0 Å². The summed E-state index contributed by atoms with van der Waals surface area (Å²) < 4.78 is 0.694. The molecule has 0 spiro atoms. The Morgan fingerprint density at radius 1 is 1.50 bits per heavy atom. The van der Waals surface area contributed by atoms with E-state index in [4.69, 9.17) is 0 Å². The van der Waals surface area contributed by atoms with Gasteiger partial charge >= 0.3 is 0 Å². The van der Waals surface area contributed by atoms with E-state index in [2.05, 4.69) is 55.1 Å². The number of aromatic nitrogens is 2. The van der Waals surface area contributed by atoms with Gasteiger partial charge in [-0.25, -0.2) is 0 Å². The number of rotatable bonds is 5. The normalized spacial score (nSPS) is 18.9. The van der Waals surface area contributed by atoms with Gasteiger partial charge in [-0.05, 0) is 29.4 Å². The number of nitrogens with one attached hydrogen (secondary N) is 2. The van der Waals surface area contributed by atoms with Crippen LogP contribution in [-0.4, -0.2) is 71.2 Å². The van der Waals surface area contributed by atoms with E-state index in [1.165, 1.54) is 0 Å². The van der Waals surface area contributed by atoms with Crippen LogP contribution in [0.15, 0.2) is 10.7 Å². The van der Waals surface area contributed by atoms with Crippen molar-refractivity contribution in [3.05, 3.63) is 16.4 Å². The average molecular weight is 344 g/mol. The quantitative estimate of drug-likeness (QED) is 0.834. The molecule has 2 N–H and O–H groups in total. The first-order valence-corrected chi connectivity index (χ1v) is 7.84. The molecule has 1 saturated heterocycles. The third-order valence-corrected chi connectivity index (χ3v) is 4.46. The molecule has 0 saturated carbocycles. The molecule has 1 amide bonds. The summed E-state index contributed by atoms with van der Waals surface area (Å²) in [5.41, 5.74) is 0.480. The highest BCUT2D eigenvalue weighted by Crippen LogP contribution is 2.12. The molecular weight excluding hydrogens is 322 g/mol. The van der Waals surface area contributed by atoms with Crippen molar-refractivity contribution >= 4 is 21.8 Å². The highest BCUT2D eigenvalue weighted by atomic mass is 79.9. The van der Waals surface area contributed by atoms with E-state index in [1.54, 1.807) is 6.20 Å². The molecule has 1 atom stereocenters. The number of carbonyl (C=O) groups excluding carboxylic acids is 1. The second-order valence-electron chi connectivity index (χ2n) is 5.12. The minimum Gasteiger partial charge on any atom is -0.349 e. The lowest BCUT2D eigenvalue weighted by molar-refractivity contribution is 0.0878. The van der Waals surface area contributed by atoms with Crippen LogP contribution in [-0.2, 0) is 0 Å². The van der Waals surface area contributed by atoms with E-state index < -0.39 is 0 Å². The Balaban J connectivity index is 1.77. The molecule has 1 aliphatic heterocycles. The number of H-pyrrole nitrogens is 1. The molecule has 112 valence electrons. The number of halogens is 1. The average Bonchev–Trinajstić information content (AvgIpc) is 2.90. The van der Waals surface area contributed by atoms with E-state index in [1.807, 2.05) is 0 Å². The number of hydrogen-bond acceptors (Lipinski definition) is 4. The van der Waals surface area contributed by atoms with Crippen molar-refractivity contribution in [2.75, 3.05) is 39.3 Å². The van der Waals surface area contributed by atoms with Crippen LogP contribution in [0.3, 0.4) is 0 Å². The lowest BCUT2D eigenvalue weighted by Crippen LogP contribution is -2.52. The number of aromatic amines is 1. The molecule has 1 aromatic rings. The number of amides is 1. The molecule has 0 aromatic carbocycles. The van der Waals surface area contributed by atoms with Crippen molar-refractivity contribution in [1.29, 1.82) is 0 Å². The molecule has 0 radical (unpaired) electrons. The maximum Gasteiger partial charge on any atom is 0.270 e. The predicted molar refractivity (Wildman–Crippen MR) is 81.8 cm³/mol. The van der Waals surface area contributed by atoms with Gasteiger partial charge in [0.2, 0.25) is 0 Å². The molecule has 1 aliphatic rings. The Labute approximate surface area is 128 Å². The van der Waals surface area contributed by atoms with Gasteiger partial charge in [0.1, 0.15) is 5.69 Å². The Morgan fingerprint density at radius 3 is 2.75 bits per heavy atom. The molecule has 0 aliphatic carbocycles. The first-order chi connectivity index (χ1) is 9.61. The summed E-state index contributed by atoms with van der Waals surface area (Å²) in [4.78, 5) is 16.8. The molecule has 0 bridgehead atoms. The molecule has 7 heteroatoms. The third-order valence-electron chi connectivity index (χ3n) is 3.86. The van der Waals surface area contributed by atoms with Crippen molar-refractivity contribution < 1.29 is 4.79 Å². The van der Waals surface area contributed by atoms with Crippen molar-refractivity contribution in [2.24, 2.45) is 0 Å². The van der Waals surface area contributed by atoms with E-state index in [0.29, 0.717) is 22.8 Å². The molecule has 2 rings (SSSR count). The van der Waals surface area contributed by atoms with Gasteiger partial charge in [-0.3, -0.25) is 14.8 Å². The molecule has 1 aromatic heterocycles. The molecule has 1 fully saturated rings. The van der Waals surface area contributed by atoms with Crippen LogP contribution in [0.2, 0.25) is 0 Å². The Kier molecular flexibility index (Phi) is 5.56. The predicted octanol–water partition coefficient (Wildman–Crippen LogP) is 0.928. The van der Waals surface area contributed by atoms with Crippen molar-refractivity contribution in [2.45, 2.75) is 19.9 Å². The van der Waals surface area contributed by atoms with Crippen LogP contribution < -0.4 is 5.32 Å². The maximum absolute atomic E-state index is 12.0. The van der Waals surface area contributed by atoms with E-state index in [-0.39, 0.29) is 5.91 Å². The number of likely N-dealkylation sites (N-methyl/N-ethyl adjacent to an activating group) is 1. The van der Waals surface area contributed by atoms with Crippen molar-refractivity contribution in [3.8, 4) is 0 Å². The molecular formula is C13H22BrN5O. The molecule has 20 heavy (non-hydrogen) atoms. The fourth-order valence-corrected chi connectivity index (χ4v) is 2.78. The van der Waals surface area contributed by atoms with Crippen LogP contribution in [0, 0.1) is 0 Å². The minimum atomic E-state index is -0.117. The lowest BCUT2D eigenvalue weighted by atomic mass is 10.2. The zero-order chi connectivity index (χ0) is 14.5. The highest BCUT2D eigenvalue weighted by Gasteiger charge is 2.21. The zero-order valence-electron chi connectivity index (χ0n) is 12.0. The summed E-state index contributed by atoms with van der Waals surface area (Å²) in [5.74, 6) is -0.117. The monoisotopic (exact) mass is 343 g/mol. The number of carbonyl (C=O) groups is 1. The summed E-state index contributed by atoms with van der Waals surface area (Å²) in [7, 11) is 0. The van der Waals surface area contributed by atoms with Crippen LogP contribution >= 0.6 is 15.9 Å². The van der Waals surface area contributed by atoms with Gasteiger partial charge in [-0.1, -0.05) is 6.92 Å². The third kappa shape index (κ3) is 3.80. The van der Waals surface area contributed by atoms with Gasteiger partial charge in [0.15, 0.2) is 0 Å². The standard InChI is InChI=1S/C13H22BrN5O/c1-3-18-4-6-19(7-5-18)10(2)8-15-13(20)12-11(14)9-16-17-12/h9-10H,3-8H2,1-2H3,(H,15,20)(H,16,17). The lowest BCUT2D eigenvalue weighted by Gasteiger charge is -2.37. The first kappa shape index (κ1) is 15.5. The summed E-state index contributed by atoms with van der Waals surface area (Å²) in [6, 6.07) is 0.347. The summed E-state index contributed by atoms with van der Waals surface area (Å²) >= 11 is 3.29. The smallest absolute Gasteiger partial charge is 0.270 e. The first-order valence-electron chi connectivity index (χ1n) is 7.05. The topological polar surface area (TPSA) is 64.3 Å². The highest BCUT2D eigenvalue weighted by molar-refractivity contribution is 9.10. The molecule has 6 nitrogen and oxygen atoms in total. The summed E-state index contributed by atoms with van der Waals surface area (Å²) in [6.07, 6.45) is 1.59. The second-order valence-corrected chi connectivity index (χ2v) is 5.98. The van der Waals surface area contributed by atoms with Crippen molar-refractivity contribution in [1.82, 2.24) is 25.3 Å². The number of piperazine rings is 1. The largest absolute Gasteiger partial charge is 0.349 e. The van der Waals surface area contributed by atoms with Gasteiger partial charge < -0.3 is 10.2 Å². The fraction of sp³-hybridized carbons (Fsp3) is 0.692. The van der Waals surface area contributed by atoms with Gasteiger partial charge in [-0.2, -0.15) is 5.10 Å². The summed E-state index contributed by atoms with van der Waals surface area (Å²) in [5, 5.41) is 9.47. The van der Waals surface area contributed by atoms with E-state index in [0.717, 1.165) is 32.7 Å². The Morgan fingerprint density at radius 2 is 2.20 bits per heavy atom.